The molecule has 0 radical (unpaired) electrons. The Bertz CT molecular complexity index is 863. The van der Waals surface area contributed by atoms with Crippen molar-refractivity contribution in [3.05, 3.63) is 70.4 Å². The van der Waals surface area contributed by atoms with Crippen LogP contribution >= 0.6 is 23.2 Å². The quantitative estimate of drug-likeness (QED) is 0.772. The number of carbonyl (C=O) groups excluding carboxylic acids is 1. The summed E-state index contributed by atoms with van der Waals surface area (Å²) in [6.07, 6.45) is 2.94. The molecule has 122 valence electrons. The van der Waals surface area contributed by atoms with Gasteiger partial charge in [0.25, 0.3) is 5.91 Å². The van der Waals surface area contributed by atoms with E-state index < -0.39 is 0 Å². The maximum atomic E-state index is 12.3. The molecule has 0 saturated heterocycles. The second-order valence-corrected chi connectivity index (χ2v) is 5.94. The molecule has 1 amide bonds. The minimum Gasteiger partial charge on any atom is -0.342 e. The van der Waals surface area contributed by atoms with Crippen LogP contribution in [0.1, 0.15) is 29.1 Å². The summed E-state index contributed by atoms with van der Waals surface area (Å²) in [6, 6.07) is 9.80. The van der Waals surface area contributed by atoms with Crippen LogP contribution in [-0.2, 0) is 0 Å². The van der Waals surface area contributed by atoms with Gasteiger partial charge in [0.1, 0.15) is 6.33 Å². The average Bonchev–Trinajstić information content (AvgIpc) is 3.05. The molecule has 3 rings (SSSR count). The number of carbonyl (C=O) groups is 1. The Morgan fingerprint density at radius 3 is 2.71 bits per heavy atom. The van der Waals surface area contributed by atoms with Crippen LogP contribution in [0, 0.1) is 0 Å². The van der Waals surface area contributed by atoms with E-state index in [-0.39, 0.29) is 11.9 Å². The number of hydrogen-bond donors (Lipinski definition) is 1. The number of rotatable bonds is 4. The van der Waals surface area contributed by atoms with Gasteiger partial charge in [0.05, 0.1) is 11.1 Å². The molecule has 0 aliphatic heterocycles. The van der Waals surface area contributed by atoms with Gasteiger partial charge in [-0.15, -0.1) is 0 Å². The zero-order valence-electron chi connectivity index (χ0n) is 12.6. The Kier molecular flexibility index (Phi) is 4.78. The molecule has 0 spiro atoms. The molecule has 1 N–H and O–H groups in total. The first-order chi connectivity index (χ1) is 11.5. The molecule has 8 heteroatoms. The third kappa shape index (κ3) is 3.55. The summed E-state index contributed by atoms with van der Waals surface area (Å²) < 4.78 is 1.55. The summed E-state index contributed by atoms with van der Waals surface area (Å²) in [5.41, 5.74) is 0.477. The summed E-state index contributed by atoms with van der Waals surface area (Å²) in [7, 11) is 0. The van der Waals surface area contributed by atoms with Crippen molar-refractivity contribution in [2.45, 2.75) is 13.0 Å². The van der Waals surface area contributed by atoms with Crippen molar-refractivity contribution >= 4 is 29.1 Å². The van der Waals surface area contributed by atoms with Crippen molar-refractivity contribution in [2.75, 3.05) is 0 Å². The highest BCUT2D eigenvalue weighted by Crippen LogP contribution is 2.16. The first-order valence-corrected chi connectivity index (χ1v) is 7.88. The van der Waals surface area contributed by atoms with Crippen LogP contribution in [0.2, 0.25) is 10.0 Å². The van der Waals surface area contributed by atoms with Crippen LogP contribution in [0.4, 0.5) is 0 Å². The Morgan fingerprint density at radius 2 is 2.00 bits per heavy atom. The molecule has 2 aromatic heterocycles. The predicted octanol–water partition coefficient (Wildman–Crippen LogP) is 3.46. The van der Waals surface area contributed by atoms with Crippen molar-refractivity contribution in [1.82, 2.24) is 25.1 Å². The highest BCUT2D eigenvalue weighted by Gasteiger charge is 2.18. The van der Waals surface area contributed by atoms with Gasteiger partial charge in [-0.3, -0.25) is 4.79 Å². The predicted molar refractivity (Wildman–Crippen MR) is 91.5 cm³/mol. The van der Waals surface area contributed by atoms with Gasteiger partial charge in [-0.1, -0.05) is 29.3 Å². The second kappa shape index (κ2) is 6.98. The molecule has 0 aliphatic rings. The number of pyridine rings is 1. The van der Waals surface area contributed by atoms with Crippen LogP contribution in [-0.4, -0.2) is 25.7 Å². The van der Waals surface area contributed by atoms with Gasteiger partial charge < -0.3 is 5.32 Å². The molecule has 3 aromatic rings. The van der Waals surface area contributed by atoms with Gasteiger partial charge in [-0.2, -0.15) is 9.78 Å². The summed E-state index contributed by atoms with van der Waals surface area (Å²) in [6.45, 7) is 1.82. The van der Waals surface area contributed by atoms with E-state index in [1.807, 2.05) is 6.92 Å². The molecule has 24 heavy (non-hydrogen) atoms. The number of aromatic nitrogens is 4. The van der Waals surface area contributed by atoms with E-state index in [1.165, 1.54) is 12.5 Å². The van der Waals surface area contributed by atoms with Crippen LogP contribution in [0.5, 0.6) is 0 Å². The Labute approximate surface area is 148 Å². The molecular weight excluding hydrogens is 349 g/mol. The lowest BCUT2D eigenvalue weighted by molar-refractivity contribution is 0.0938. The molecule has 2 heterocycles. The lowest BCUT2D eigenvalue weighted by atomic mass is 10.2. The van der Waals surface area contributed by atoms with Gasteiger partial charge in [0.15, 0.2) is 11.6 Å². The standard InChI is InChI=1S/C16H13Cl2N5O/c1-10(22-16(24)11-3-2-4-12(17)7-11)15-20-9-21-23(15)14-6-5-13(18)8-19-14/h2-10H,1H3,(H,22,24)/t10-/m0/s1. The van der Waals surface area contributed by atoms with Gasteiger partial charge in [0.2, 0.25) is 0 Å². The maximum absolute atomic E-state index is 12.3. The Balaban J connectivity index is 1.81. The zero-order valence-corrected chi connectivity index (χ0v) is 14.2. The van der Waals surface area contributed by atoms with E-state index in [1.54, 1.807) is 41.1 Å². The molecular formula is C16H13Cl2N5O. The van der Waals surface area contributed by atoms with Crippen molar-refractivity contribution in [2.24, 2.45) is 0 Å². The lowest BCUT2D eigenvalue weighted by Crippen LogP contribution is -2.28. The number of benzene rings is 1. The molecule has 0 fully saturated rings. The van der Waals surface area contributed by atoms with Gasteiger partial charge in [0, 0.05) is 16.8 Å². The maximum Gasteiger partial charge on any atom is 0.251 e. The molecule has 0 bridgehead atoms. The minimum absolute atomic E-state index is 0.247. The molecule has 6 nitrogen and oxygen atoms in total. The monoisotopic (exact) mass is 361 g/mol. The second-order valence-electron chi connectivity index (χ2n) is 5.07. The fraction of sp³-hybridized carbons (Fsp3) is 0.125. The lowest BCUT2D eigenvalue weighted by Gasteiger charge is -2.14. The van der Waals surface area contributed by atoms with Gasteiger partial charge >= 0.3 is 0 Å². The summed E-state index contributed by atoms with van der Waals surface area (Å²) in [4.78, 5) is 20.8. The van der Waals surface area contributed by atoms with Crippen molar-refractivity contribution in [3.63, 3.8) is 0 Å². The Morgan fingerprint density at radius 1 is 1.17 bits per heavy atom. The first-order valence-electron chi connectivity index (χ1n) is 7.13. The fourth-order valence-corrected chi connectivity index (χ4v) is 2.49. The summed E-state index contributed by atoms with van der Waals surface area (Å²) in [5.74, 6) is 0.875. The smallest absolute Gasteiger partial charge is 0.251 e. The fourth-order valence-electron chi connectivity index (χ4n) is 2.19. The number of hydrogen-bond acceptors (Lipinski definition) is 4. The van der Waals surface area contributed by atoms with Crippen LogP contribution in [0.3, 0.4) is 0 Å². The molecule has 1 aromatic carbocycles. The van der Waals surface area contributed by atoms with E-state index >= 15 is 0 Å². The van der Waals surface area contributed by atoms with Gasteiger partial charge in [-0.05, 0) is 37.3 Å². The minimum atomic E-state index is -0.378. The van der Waals surface area contributed by atoms with Crippen LogP contribution in [0.25, 0.3) is 5.82 Å². The molecule has 0 aliphatic carbocycles. The zero-order chi connectivity index (χ0) is 17.1. The van der Waals surface area contributed by atoms with Crippen molar-refractivity contribution < 1.29 is 4.79 Å². The normalized spacial score (nSPS) is 12.0. The third-order valence-corrected chi connectivity index (χ3v) is 3.78. The number of amides is 1. The summed E-state index contributed by atoms with van der Waals surface area (Å²) in [5, 5.41) is 8.07. The Hall–Kier alpha value is -2.44. The highest BCUT2D eigenvalue weighted by molar-refractivity contribution is 6.31. The molecule has 0 unspecified atom stereocenters. The number of nitrogens with one attached hydrogen (secondary N) is 1. The van der Waals surface area contributed by atoms with E-state index in [9.17, 15) is 4.79 Å². The highest BCUT2D eigenvalue weighted by atomic mass is 35.5. The topological polar surface area (TPSA) is 72.7 Å². The van der Waals surface area contributed by atoms with Gasteiger partial charge in [-0.25, -0.2) is 9.97 Å². The average molecular weight is 362 g/mol. The first kappa shape index (κ1) is 16.4. The number of nitrogens with zero attached hydrogens (tertiary/aromatic N) is 4. The molecule has 0 saturated carbocycles. The van der Waals surface area contributed by atoms with Crippen molar-refractivity contribution in [1.29, 1.82) is 0 Å². The largest absolute Gasteiger partial charge is 0.342 e. The number of halogens is 2. The SMILES string of the molecule is C[C@H](NC(=O)c1cccc(Cl)c1)c1ncnn1-c1ccc(Cl)cn1. The molecule has 1 atom stereocenters. The third-order valence-electron chi connectivity index (χ3n) is 3.32. The van der Waals surface area contributed by atoms with Crippen LogP contribution in [0.15, 0.2) is 48.9 Å². The van der Waals surface area contributed by atoms with E-state index in [0.717, 1.165) is 0 Å². The van der Waals surface area contributed by atoms with E-state index in [2.05, 4.69) is 20.4 Å². The van der Waals surface area contributed by atoms with E-state index in [0.29, 0.717) is 27.3 Å². The van der Waals surface area contributed by atoms with E-state index in [4.69, 9.17) is 23.2 Å². The van der Waals surface area contributed by atoms with Crippen LogP contribution < -0.4 is 5.32 Å². The van der Waals surface area contributed by atoms with Crippen molar-refractivity contribution in [3.8, 4) is 5.82 Å². The summed E-state index contributed by atoms with van der Waals surface area (Å²) >= 11 is 11.8.